The van der Waals surface area contributed by atoms with Gasteiger partial charge in [-0.15, -0.1) is 0 Å². The van der Waals surface area contributed by atoms with Crippen molar-refractivity contribution in [2.45, 2.75) is 39.2 Å². The average Bonchev–Trinajstić information content (AvgIpc) is 2.73. The number of carbonyl (C=O) groups is 2. The highest BCUT2D eigenvalue weighted by Crippen LogP contribution is 2.25. The third-order valence-electron chi connectivity index (χ3n) is 6.08. The van der Waals surface area contributed by atoms with Gasteiger partial charge in [-0.2, -0.15) is 0 Å². The van der Waals surface area contributed by atoms with Crippen LogP contribution in [-0.4, -0.2) is 41.2 Å². The van der Waals surface area contributed by atoms with Crippen LogP contribution in [0.5, 0.6) is 0 Å². The SMILES string of the molecule is Cc1cccc(CC(=O)N2CCC(C(=O)N3CCc4ccccc4C3)CC2)c1. The summed E-state index contributed by atoms with van der Waals surface area (Å²) in [6.45, 7) is 4.95. The molecule has 2 aliphatic rings. The Kier molecular flexibility index (Phi) is 5.47. The van der Waals surface area contributed by atoms with Gasteiger partial charge < -0.3 is 9.80 Å². The normalized spacial score (nSPS) is 17.3. The monoisotopic (exact) mass is 376 g/mol. The third-order valence-corrected chi connectivity index (χ3v) is 6.08. The van der Waals surface area contributed by atoms with Gasteiger partial charge in [0.05, 0.1) is 6.42 Å². The first-order chi connectivity index (χ1) is 13.6. The van der Waals surface area contributed by atoms with Gasteiger partial charge in [0.25, 0.3) is 0 Å². The minimum Gasteiger partial charge on any atom is -0.342 e. The van der Waals surface area contributed by atoms with Crippen molar-refractivity contribution in [2.24, 2.45) is 5.92 Å². The molecule has 0 bridgehead atoms. The molecule has 2 aliphatic heterocycles. The molecule has 0 atom stereocenters. The number of benzene rings is 2. The lowest BCUT2D eigenvalue weighted by Gasteiger charge is -2.36. The predicted molar refractivity (Wildman–Crippen MR) is 110 cm³/mol. The maximum Gasteiger partial charge on any atom is 0.226 e. The van der Waals surface area contributed by atoms with Gasteiger partial charge in [-0.05, 0) is 42.9 Å². The second-order valence-electron chi connectivity index (χ2n) is 8.10. The van der Waals surface area contributed by atoms with Crippen molar-refractivity contribution < 1.29 is 9.59 Å². The topological polar surface area (TPSA) is 40.6 Å². The van der Waals surface area contributed by atoms with Gasteiger partial charge in [-0.25, -0.2) is 0 Å². The van der Waals surface area contributed by atoms with E-state index in [4.69, 9.17) is 0 Å². The fourth-order valence-corrected chi connectivity index (χ4v) is 4.43. The van der Waals surface area contributed by atoms with Crippen LogP contribution in [0.4, 0.5) is 0 Å². The van der Waals surface area contributed by atoms with E-state index in [9.17, 15) is 9.59 Å². The van der Waals surface area contributed by atoms with Crippen LogP contribution in [-0.2, 0) is 29.0 Å². The van der Waals surface area contributed by atoms with E-state index in [1.54, 1.807) is 0 Å². The summed E-state index contributed by atoms with van der Waals surface area (Å²) in [5.41, 5.74) is 4.88. The first-order valence-electron chi connectivity index (χ1n) is 10.3. The van der Waals surface area contributed by atoms with Gasteiger partial charge >= 0.3 is 0 Å². The van der Waals surface area contributed by atoms with Crippen LogP contribution in [0.2, 0.25) is 0 Å². The van der Waals surface area contributed by atoms with Crippen molar-refractivity contribution in [2.75, 3.05) is 19.6 Å². The van der Waals surface area contributed by atoms with Crippen molar-refractivity contribution in [3.05, 3.63) is 70.8 Å². The number of hydrogen-bond acceptors (Lipinski definition) is 2. The number of likely N-dealkylation sites (tertiary alicyclic amines) is 1. The maximum atomic E-state index is 13.0. The van der Waals surface area contributed by atoms with Crippen LogP contribution >= 0.6 is 0 Å². The molecular weight excluding hydrogens is 348 g/mol. The van der Waals surface area contributed by atoms with Gasteiger partial charge in [-0.3, -0.25) is 9.59 Å². The number of carbonyl (C=O) groups excluding carboxylic acids is 2. The van der Waals surface area contributed by atoms with Crippen LogP contribution in [0.25, 0.3) is 0 Å². The van der Waals surface area contributed by atoms with Crippen molar-refractivity contribution in [3.8, 4) is 0 Å². The molecular formula is C24H28N2O2. The number of rotatable bonds is 3. The Morgan fingerprint density at radius 2 is 1.68 bits per heavy atom. The van der Waals surface area contributed by atoms with Crippen LogP contribution in [0.3, 0.4) is 0 Å². The summed E-state index contributed by atoms with van der Waals surface area (Å²) in [6.07, 6.45) is 2.94. The van der Waals surface area contributed by atoms with E-state index in [2.05, 4.69) is 24.3 Å². The minimum absolute atomic E-state index is 0.0493. The fraction of sp³-hybridized carbons (Fsp3) is 0.417. The smallest absolute Gasteiger partial charge is 0.226 e. The molecule has 1 fully saturated rings. The van der Waals surface area contributed by atoms with E-state index >= 15 is 0 Å². The first-order valence-corrected chi connectivity index (χ1v) is 10.3. The summed E-state index contributed by atoms with van der Waals surface area (Å²) in [4.78, 5) is 29.6. The van der Waals surface area contributed by atoms with Gasteiger partial charge in [0.15, 0.2) is 0 Å². The zero-order valence-electron chi connectivity index (χ0n) is 16.6. The summed E-state index contributed by atoms with van der Waals surface area (Å²) in [5.74, 6) is 0.483. The average molecular weight is 377 g/mol. The molecule has 146 valence electrons. The molecule has 0 aliphatic carbocycles. The number of nitrogens with zero attached hydrogens (tertiary/aromatic N) is 2. The summed E-state index contributed by atoms with van der Waals surface area (Å²) < 4.78 is 0. The maximum absolute atomic E-state index is 13.0. The third kappa shape index (κ3) is 4.11. The molecule has 2 aromatic carbocycles. The highest BCUT2D eigenvalue weighted by Gasteiger charge is 2.31. The Balaban J connectivity index is 1.30. The quantitative estimate of drug-likeness (QED) is 0.824. The van der Waals surface area contributed by atoms with Crippen molar-refractivity contribution in [1.29, 1.82) is 0 Å². The van der Waals surface area contributed by atoms with Crippen molar-refractivity contribution in [1.82, 2.24) is 9.80 Å². The number of aryl methyl sites for hydroxylation is 1. The fourth-order valence-electron chi connectivity index (χ4n) is 4.43. The number of amides is 2. The van der Waals surface area contributed by atoms with E-state index in [0.717, 1.165) is 37.9 Å². The van der Waals surface area contributed by atoms with Gasteiger partial charge in [0.2, 0.25) is 11.8 Å². The van der Waals surface area contributed by atoms with E-state index in [1.807, 2.05) is 41.0 Å². The standard InChI is InChI=1S/C24H28N2O2/c1-18-5-4-6-19(15-18)16-23(27)25-12-10-21(11-13-25)24(28)26-14-9-20-7-2-3-8-22(20)17-26/h2-8,15,21H,9-14,16-17H2,1H3. The molecule has 2 aromatic rings. The Morgan fingerprint density at radius 1 is 0.929 bits per heavy atom. The van der Waals surface area contributed by atoms with E-state index in [-0.39, 0.29) is 17.7 Å². The molecule has 2 heterocycles. The van der Waals surface area contributed by atoms with Gasteiger partial charge in [-0.1, -0.05) is 54.1 Å². The molecule has 0 aromatic heterocycles. The Hall–Kier alpha value is -2.62. The highest BCUT2D eigenvalue weighted by molar-refractivity contribution is 5.81. The second kappa shape index (κ2) is 8.17. The van der Waals surface area contributed by atoms with Gasteiger partial charge in [0.1, 0.15) is 0 Å². The molecule has 0 unspecified atom stereocenters. The Morgan fingerprint density at radius 3 is 2.43 bits per heavy atom. The molecule has 0 N–H and O–H groups in total. The summed E-state index contributed by atoms with van der Waals surface area (Å²) in [5, 5.41) is 0. The Labute approximate surface area is 167 Å². The van der Waals surface area contributed by atoms with E-state index in [1.165, 1.54) is 16.7 Å². The lowest BCUT2D eigenvalue weighted by atomic mass is 9.92. The number of hydrogen-bond donors (Lipinski definition) is 0. The second-order valence-corrected chi connectivity index (χ2v) is 8.10. The van der Waals surface area contributed by atoms with Crippen LogP contribution in [0, 0.1) is 12.8 Å². The number of piperidine rings is 1. The molecule has 28 heavy (non-hydrogen) atoms. The highest BCUT2D eigenvalue weighted by atomic mass is 16.2. The molecule has 2 amide bonds. The Bertz CT molecular complexity index is 868. The summed E-state index contributed by atoms with van der Waals surface area (Å²) in [7, 11) is 0. The van der Waals surface area contributed by atoms with Gasteiger partial charge in [0, 0.05) is 32.1 Å². The molecule has 4 heteroatoms. The summed E-state index contributed by atoms with van der Waals surface area (Å²) >= 11 is 0. The zero-order valence-corrected chi connectivity index (χ0v) is 16.6. The van der Waals surface area contributed by atoms with Crippen molar-refractivity contribution >= 4 is 11.8 Å². The molecule has 1 saturated heterocycles. The molecule has 4 rings (SSSR count). The predicted octanol–water partition coefficient (Wildman–Crippen LogP) is 3.36. The van der Waals surface area contributed by atoms with Crippen LogP contribution < -0.4 is 0 Å². The summed E-state index contributed by atoms with van der Waals surface area (Å²) in [6, 6.07) is 16.5. The van der Waals surface area contributed by atoms with Crippen LogP contribution in [0.15, 0.2) is 48.5 Å². The molecule has 0 saturated carbocycles. The van der Waals surface area contributed by atoms with E-state index < -0.39 is 0 Å². The lowest BCUT2D eigenvalue weighted by Crippen LogP contribution is -2.46. The molecule has 4 nitrogen and oxygen atoms in total. The largest absolute Gasteiger partial charge is 0.342 e. The number of fused-ring (bicyclic) bond motifs is 1. The lowest BCUT2D eigenvalue weighted by molar-refractivity contribution is -0.141. The van der Waals surface area contributed by atoms with E-state index in [0.29, 0.717) is 19.5 Å². The first kappa shape index (κ1) is 18.7. The van der Waals surface area contributed by atoms with Crippen LogP contribution in [0.1, 0.15) is 35.1 Å². The van der Waals surface area contributed by atoms with Crippen molar-refractivity contribution in [3.63, 3.8) is 0 Å². The minimum atomic E-state index is 0.0493. The molecule has 0 spiro atoms. The molecule has 0 radical (unpaired) electrons. The zero-order chi connectivity index (χ0) is 19.5.